The molecule has 0 aliphatic carbocycles. The maximum Gasteiger partial charge on any atom is 0.220 e. The highest BCUT2D eigenvalue weighted by molar-refractivity contribution is 9.10. The molecule has 0 radical (unpaired) electrons. The zero-order chi connectivity index (χ0) is 15.9. The highest BCUT2D eigenvalue weighted by atomic mass is 79.9. The van der Waals surface area contributed by atoms with E-state index in [1.165, 1.54) is 4.88 Å². The molecule has 1 heterocycles. The van der Waals surface area contributed by atoms with Gasteiger partial charge >= 0.3 is 0 Å². The number of rotatable bonds is 7. The molecular weight excluding hydrogens is 362 g/mol. The van der Waals surface area contributed by atoms with Crippen LogP contribution in [-0.2, 0) is 16.0 Å². The highest BCUT2D eigenvalue weighted by Crippen LogP contribution is 2.24. The molecule has 0 bridgehead atoms. The van der Waals surface area contributed by atoms with Gasteiger partial charge in [0.15, 0.2) is 0 Å². The van der Waals surface area contributed by atoms with E-state index in [0.717, 1.165) is 21.3 Å². The van der Waals surface area contributed by atoms with Crippen LogP contribution in [-0.4, -0.2) is 19.6 Å². The Labute approximate surface area is 143 Å². The van der Waals surface area contributed by atoms with Crippen LogP contribution < -0.4 is 5.32 Å². The topological polar surface area (TPSA) is 38.3 Å². The molecule has 0 saturated carbocycles. The minimum atomic E-state index is -0.0777. The van der Waals surface area contributed by atoms with Crippen molar-refractivity contribution in [3.63, 3.8) is 0 Å². The van der Waals surface area contributed by atoms with Gasteiger partial charge in [0.2, 0.25) is 5.91 Å². The van der Waals surface area contributed by atoms with Crippen molar-refractivity contribution >= 4 is 33.2 Å². The maximum absolute atomic E-state index is 12.0. The molecule has 2 aromatic rings. The molecule has 1 aromatic heterocycles. The lowest BCUT2D eigenvalue weighted by Crippen LogP contribution is -2.29. The average molecular weight is 382 g/mol. The number of benzene rings is 1. The minimum Gasteiger partial charge on any atom is -0.374 e. The summed E-state index contributed by atoms with van der Waals surface area (Å²) >= 11 is 5.20. The van der Waals surface area contributed by atoms with Crippen molar-refractivity contribution in [2.75, 3.05) is 13.7 Å². The number of hydrogen-bond donors (Lipinski definition) is 1. The molecule has 5 heteroatoms. The predicted molar refractivity (Wildman–Crippen MR) is 94.3 cm³/mol. The lowest BCUT2D eigenvalue weighted by molar-refractivity contribution is -0.121. The van der Waals surface area contributed by atoms with Gasteiger partial charge in [0.05, 0.1) is 0 Å². The summed E-state index contributed by atoms with van der Waals surface area (Å²) in [7, 11) is 1.67. The first kappa shape index (κ1) is 17.2. The van der Waals surface area contributed by atoms with Crippen molar-refractivity contribution in [2.45, 2.75) is 25.9 Å². The zero-order valence-corrected chi connectivity index (χ0v) is 15.2. The summed E-state index contributed by atoms with van der Waals surface area (Å²) in [5.41, 5.74) is 1.15. The van der Waals surface area contributed by atoms with Crippen LogP contribution in [0.2, 0.25) is 0 Å². The molecule has 0 unspecified atom stereocenters. The Morgan fingerprint density at radius 3 is 2.73 bits per heavy atom. The molecule has 0 spiro atoms. The van der Waals surface area contributed by atoms with Crippen molar-refractivity contribution < 1.29 is 9.53 Å². The summed E-state index contributed by atoms with van der Waals surface area (Å²) in [6, 6.07) is 12.1. The number of aryl methyl sites for hydroxylation is 2. The monoisotopic (exact) mass is 381 g/mol. The molecule has 1 aromatic carbocycles. The van der Waals surface area contributed by atoms with Gasteiger partial charge in [-0.2, -0.15) is 0 Å². The van der Waals surface area contributed by atoms with Gasteiger partial charge in [0, 0.05) is 34.3 Å². The van der Waals surface area contributed by atoms with E-state index in [0.29, 0.717) is 13.0 Å². The standard InChI is InChI=1S/C17H20BrNO2S/c1-12-7-9-16(22-12)15(21-2)11-19-17(20)10-8-13-5-3-4-6-14(13)18/h3-7,9,15H,8,10-11H2,1-2H3,(H,19,20)/t15-/m1/s1. The summed E-state index contributed by atoms with van der Waals surface area (Å²) in [4.78, 5) is 14.4. The molecule has 0 aliphatic heterocycles. The van der Waals surface area contributed by atoms with E-state index in [1.54, 1.807) is 18.4 Å². The Balaban J connectivity index is 1.81. The largest absolute Gasteiger partial charge is 0.374 e. The normalized spacial score (nSPS) is 12.1. The Morgan fingerprint density at radius 1 is 1.32 bits per heavy atom. The molecule has 1 amide bonds. The van der Waals surface area contributed by atoms with Gasteiger partial charge in [-0.05, 0) is 37.1 Å². The average Bonchev–Trinajstić information content (AvgIpc) is 2.93. The van der Waals surface area contributed by atoms with Crippen molar-refractivity contribution in [3.05, 3.63) is 56.2 Å². The van der Waals surface area contributed by atoms with Crippen LogP contribution in [0.4, 0.5) is 0 Å². The summed E-state index contributed by atoms with van der Waals surface area (Å²) in [5.74, 6) is 0.0473. The first-order valence-corrected chi connectivity index (χ1v) is 8.80. The van der Waals surface area contributed by atoms with Crippen LogP contribution in [0.1, 0.15) is 27.8 Å². The second-order valence-corrected chi connectivity index (χ2v) is 7.24. The van der Waals surface area contributed by atoms with E-state index < -0.39 is 0 Å². The van der Waals surface area contributed by atoms with Crippen LogP contribution in [0.15, 0.2) is 40.9 Å². The third-order valence-corrected chi connectivity index (χ3v) is 5.29. The lowest BCUT2D eigenvalue weighted by atomic mass is 10.1. The number of halogens is 1. The molecule has 0 aliphatic rings. The maximum atomic E-state index is 12.0. The number of carbonyl (C=O) groups is 1. The summed E-state index contributed by atoms with van der Waals surface area (Å²) in [6.45, 7) is 2.57. The van der Waals surface area contributed by atoms with Gasteiger partial charge in [-0.3, -0.25) is 4.79 Å². The van der Waals surface area contributed by atoms with E-state index in [9.17, 15) is 4.79 Å². The Kier molecular flexibility index (Phi) is 6.61. The third-order valence-electron chi connectivity index (χ3n) is 3.43. The van der Waals surface area contributed by atoms with Crippen LogP contribution in [0.25, 0.3) is 0 Å². The molecule has 22 heavy (non-hydrogen) atoms. The van der Waals surface area contributed by atoms with Gasteiger partial charge in [0.25, 0.3) is 0 Å². The fraction of sp³-hybridized carbons (Fsp3) is 0.353. The second kappa shape index (κ2) is 8.46. The van der Waals surface area contributed by atoms with Gasteiger partial charge in [-0.1, -0.05) is 34.1 Å². The van der Waals surface area contributed by atoms with Gasteiger partial charge in [0.1, 0.15) is 6.10 Å². The van der Waals surface area contributed by atoms with Gasteiger partial charge in [-0.15, -0.1) is 11.3 Å². The number of hydrogen-bond acceptors (Lipinski definition) is 3. The van der Waals surface area contributed by atoms with Crippen molar-refractivity contribution in [1.29, 1.82) is 0 Å². The zero-order valence-electron chi connectivity index (χ0n) is 12.8. The van der Waals surface area contributed by atoms with E-state index >= 15 is 0 Å². The van der Waals surface area contributed by atoms with Crippen molar-refractivity contribution in [2.24, 2.45) is 0 Å². The van der Waals surface area contributed by atoms with Crippen LogP contribution in [0.3, 0.4) is 0 Å². The predicted octanol–water partition coefficient (Wildman–Crippen LogP) is 4.26. The Hall–Kier alpha value is -1.17. The summed E-state index contributed by atoms with van der Waals surface area (Å²) in [6.07, 6.45) is 1.12. The molecule has 0 fully saturated rings. The number of nitrogens with one attached hydrogen (secondary N) is 1. The summed E-state index contributed by atoms with van der Waals surface area (Å²) < 4.78 is 6.52. The minimum absolute atomic E-state index is 0.0473. The molecule has 1 N–H and O–H groups in total. The van der Waals surface area contributed by atoms with Crippen LogP contribution in [0, 0.1) is 6.92 Å². The SMILES string of the molecule is CO[C@H](CNC(=O)CCc1ccccc1Br)c1ccc(C)s1. The summed E-state index contributed by atoms with van der Waals surface area (Å²) in [5, 5.41) is 2.96. The van der Waals surface area contributed by atoms with E-state index in [1.807, 2.05) is 24.3 Å². The molecule has 2 rings (SSSR count). The van der Waals surface area contributed by atoms with Gasteiger partial charge in [-0.25, -0.2) is 0 Å². The van der Waals surface area contributed by atoms with E-state index in [-0.39, 0.29) is 12.0 Å². The number of carbonyl (C=O) groups excluding carboxylic acids is 1. The second-order valence-electron chi connectivity index (χ2n) is 5.07. The smallest absolute Gasteiger partial charge is 0.220 e. The Bertz CT molecular complexity index is 627. The van der Waals surface area contributed by atoms with Crippen LogP contribution >= 0.6 is 27.3 Å². The number of thiophene rings is 1. The van der Waals surface area contributed by atoms with Gasteiger partial charge < -0.3 is 10.1 Å². The first-order valence-electron chi connectivity index (χ1n) is 7.19. The van der Waals surface area contributed by atoms with Crippen molar-refractivity contribution in [1.82, 2.24) is 5.32 Å². The molecule has 3 nitrogen and oxygen atoms in total. The Morgan fingerprint density at radius 2 is 2.09 bits per heavy atom. The molecule has 1 atom stereocenters. The quantitative estimate of drug-likeness (QED) is 0.777. The molecule has 118 valence electrons. The molecular formula is C17H20BrNO2S. The van der Waals surface area contributed by atoms with E-state index in [4.69, 9.17) is 4.74 Å². The number of ether oxygens (including phenoxy) is 1. The highest BCUT2D eigenvalue weighted by Gasteiger charge is 2.14. The van der Waals surface area contributed by atoms with Crippen LogP contribution in [0.5, 0.6) is 0 Å². The number of methoxy groups -OCH3 is 1. The molecule has 0 saturated heterocycles. The lowest BCUT2D eigenvalue weighted by Gasteiger charge is -2.14. The fourth-order valence-electron chi connectivity index (χ4n) is 2.17. The third kappa shape index (κ3) is 4.93. The fourth-order valence-corrected chi connectivity index (χ4v) is 3.61. The first-order chi connectivity index (χ1) is 10.6. The van der Waals surface area contributed by atoms with Crippen molar-refractivity contribution in [3.8, 4) is 0 Å². The number of amides is 1. The van der Waals surface area contributed by atoms with E-state index in [2.05, 4.69) is 40.3 Å².